The molecule has 3 aromatic rings. The molecule has 1 aliphatic carbocycles. The fourth-order valence-electron chi connectivity index (χ4n) is 3.75. The van der Waals surface area contributed by atoms with E-state index < -0.39 is 0 Å². The fraction of sp³-hybridized carbons (Fsp3) is 0.167. The largest absolute Gasteiger partial charge is 0.493 e. The molecule has 29 heavy (non-hydrogen) atoms. The summed E-state index contributed by atoms with van der Waals surface area (Å²) in [5, 5.41) is 2.90. The van der Waals surface area contributed by atoms with Crippen LogP contribution in [0.4, 0.5) is 5.69 Å². The number of fused-ring (bicyclic) bond motifs is 1. The van der Waals surface area contributed by atoms with Gasteiger partial charge in [0.2, 0.25) is 0 Å². The van der Waals surface area contributed by atoms with Crippen LogP contribution in [0.15, 0.2) is 60.7 Å². The van der Waals surface area contributed by atoms with Gasteiger partial charge < -0.3 is 14.8 Å². The van der Waals surface area contributed by atoms with E-state index in [1.54, 1.807) is 32.4 Å². The SMILES string of the molecule is COc1ccc(-c2ccc(NC(=O)c3ccccc3)c3c2CCC3=O)cc1OC. The van der Waals surface area contributed by atoms with Crippen molar-refractivity contribution in [3.8, 4) is 22.6 Å². The molecule has 0 saturated heterocycles. The Morgan fingerprint density at radius 2 is 1.66 bits per heavy atom. The number of nitrogens with one attached hydrogen (secondary N) is 1. The Balaban J connectivity index is 1.74. The number of carbonyl (C=O) groups is 2. The highest BCUT2D eigenvalue weighted by atomic mass is 16.5. The van der Waals surface area contributed by atoms with Crippen LogP contribution < -0.4 is 14.8 Å². The Kier molecular flexibility index (Phi) is 5.04. The number of Topliss-reactive ketones (excluding diaryl/α,β-unsaturated/α-hetero) is 1. The quantitative estimate of drug-likeness (QED) is 0.686. The average molecular weight is 387 g/mol. The van der Waals surface area contributed by atoms with E-state index in [1.807, 2.05) is 42.5 Å². The van der Waals surface area contributed by atoms with Gasteiger partial charge in [0.15, 0.2) is 17.3 Å². The van der Waals surface area contributed by atoms with Crippen molar-refractivity contribution < 1.29 is 19.1 Å². The second-order valence-corrected chi connectivity index (χ2v) is 6.83. The molecule has 1 amide bonds. The smallest absolute Gasteiger partial charge is 0.255 e. The van der Waals surface area contributed by atoms with Gasteiger partial charge in [-0.2, -0.15) is 0 Å². The lowest BCUT2D eigenvalue weighted by atomic mass is 9.95. The molecule has 1 N–H and O–H groups in total. The van der Waals surface area contributed by atoms with Crippen molar-refractivity contribution in [2.45, 2.75) is 12.8 Å². The van der Waals surface area contributed by atoms with Crippen LogP contribution in [0.1, 0.15) is 32.7 Å². The van der Waals surface area contributed by atoms with Gasteiger partial charge in [0, 0.05) is 17.5 Å². The van der Waals surface area contributed by atoms with Crippen molar-refractivity contribution in [2.24, 2.45) is 0 Å². The van der Waals surface area contributed by atoms with Gasteiger partial charge in [-0.05, 0) is 53.4 Å². The molecule has 0 aliphatic heterocycles. The molecule has 5 heteroatoms. The summed E-state index contributed by atoms with van der Waals surface area (Å²) in [5.74, 6) is 1.09. The van der Waals surface area contributed by atoms with Crippen molar-refractivity contribution in [2.75, 3.05) is 19.5 Å². The molecule has 0 atom stereocenters. The van der Waals surface area contributed by atoms with Gasteiger partial charge in [0.1, 0.15) is 0 Å². The van der Waals surface area contributed by atoms with Crippen LogP contribution in [-0.2, 0) is 6.42 Å². The maximum atomic E-state index is 12.6. The minimum atomic E-state index is -0.230. The summed E-state index contributed by atoms with van der Waals surface area (Å²) in [6.07, 6.45) is 1.08. The molecule has 0 saturated carbocycles. The molecule has 1 aliphatic rings. The normalized spacial score (nSPS) is 12.4. The number of methoxy groups -OCH3 is 2. The Morgan fingerprint density at radius 3 is 2.38 bits per heavy atom. The van der Waals surface area contributed by atoms with Gasteiger partial charge in [-0.25, -0.2) is 0 Å². The third kappa shape index (κ3) is 3.47. The van der Waals surface area contributed by atoms with Gasteiger partial charge in [-0.1, -0.05) is 30.3 Å². The summed E-state index contributed by atoms with van der Waals surface area (Å²) in [6, 6.07) is 18.4. The van der Waals surface area contributed by atoms with E-state index in [1.165, 1.54) is 0 Å². The number of rotatable bonds is 5. The molecule has 3 aromatic carbocycles. The standard InChI is InChI=1S/C24H21NO4/c1-28-21-13-8-16(14-22(21)29-2)17-9-11-19(23-18(17)10-12-20(23)26)25-24(27)15-6-4-3-5-7-15/h3-9,11,13-14H,10,12H2,1-2H3,(H,25,27). The topological polar surface area (TPSA) is 64.6 Å². The van der Waals surface area contributed by atoms with Gasteiger partial charge in [0.25, 0.3) is 5.91 Å². The third-order valence-electron chi connectivity index (χ3n) is 5.17. The fourth-order valence-corrected chi connectivity index (χ4v) is 3.75. The Hall–Kier alpha value is -3.60. The van der Waals surface area contributed by atoms with Crippen LogP contribution in [0.5, 0.6) is 11.5 Å². The number of benzene rings is 3. The van der Waals surface area contributed by atoms with Crippen LogP contribution in [0.2, 0.25) is 0 Å². The lowest BCUT2D eigenvalue weighted by Crippen LogP contribution is -2.14. The van der Waals surface area contributed by atoms with Crippen molar-refractivity contribution in [1.29, 1.82) is 0 Å². The minimum absolute atomic E-state index is 0.0469. The highest BCUT2D eigenvalue weighted by Crippen LogP contribution is 2.39. The molecule has 4 rings (SSSR count). The number of amides is 1. The summed E-state index contributed by atoms with van der Waals surface area (Å²) in [5.41, 5.74) is 4.56. The number of carbonyl (C=O) groups excluding carboxylic acids is 2. The predicted molar refractivity (Wildman–Crippen MR) is 112 cm³/mol. The second-order valence-electron chi connectivity index (χ2n) is 6.83. The second kappa shape index (κ2) is 7.80. The van der Waals surface area contributed by atoms with E-state index in [2.05, 4.69) is 5.32 Å². The van der Waals surface area contributed by atoms with E-state index in [4.69, 9.17) is 9.47 Å². The molecule has 0 unspecified atom stereocenters. The lowest BCUT2D eigenvalue weighted by Gasteiger charge is -2.15. The first-order chi connectivity index (χ1) is 14.1. The maximum Gasteiger partial charge on any atom is 0.255 e. The summed E-state index contributed by atoms with van der Waals surface area (Å²) in [6.45, 7) is 0. The lowest BCUT2D eigenvalue weighted by molar-refractivity contribution is 0.0995. The molecule has 0 aromatic heterocycles. The first-order valence-corrected chi connectivity index (χ1v) is 9.40. The zero-order valence-corrected chi connectivity index (χ0v) is 16.3. The molecule has 0 fully saturated rings. The molecule has 0 radical (unpaired) electrons. The third-order valence-corrected chi connectivity index (χ3v) is 5.17. The number of ether oxygens (including phenoxy) is 2. The van der Waals surface area contributed by atoms with Gasteiger partial charge in [-0.15, -0.1) is 0 Å². The van der Waals surface area contributed by atoms with Gasteiger partial charge in [-0.3, -0.25) is 9.59 Å². The molecule has 0 bridgehead atoms. The first-order valence-electron chi connectivity index (χ1n) is 9.40. The highest BCUT2D eigenvalue weighted by Gasteiger charge is 2.27. The summed E-state index contributed by atoms with van der Waals surface area (Å²) < 4.78 is 10.7. The van der Waals surface area contributed by atoms with Gasteiger partial charge >= 0.3 is 0 Å². The van der Waals surface area contributed by atoms with E-state index in [-0.39, 0.29) is 11.7 Å². The highest BCUT2D eigenvalue weighted by molar-refractivity contribution is 6.12. The van der Waals surface area contributed by atoms with E-state index in [9.17, 15) is 9.59 Å². The monoisotopic (exact) mass is 387 g/mol. The number of hydrogen-bond acceptors (Lipinski definition) is 4. The minimum Gasteiger partial charge on any atom is -0.493 e. The number of hydrogen-bond donors (Lipinski definition) is 1. The zero-order valence-electron chi connectivity index (χ0n) is 16.3. The van der Waals surface area contributed by atoms with E-state index in [0.29, 0.717) is 41.2 Å². The van der Waals surface area contributed by atoms with Crippen LogP contribution in [0, 0.1) is 0 Å². The molecular formula is C24H21NO4. The first kappa shape index (κ1) is 18.7. The van der Waals surface area contributed by atoms with Crippen molar-refractivity contribution in [3.63, 3.8) is 0 Å². The van der Waals surface area contributed by atoms with E-state index >= 15 is 0 Å². The van der Waals surface area contributed by atoms with Crippen LogP contribution in [-0.4, -0.2) is 25.9 Å². The Bertz CT molecular complexity index is 1090. The number of ketones is 1. The predicted octanol–water partition coefficient (Wildman–Crippen LogP) is 4.75. The average Bonchev–Trinajstić information content (AvgIpc) is 3.16. The Labute approximate surface area is 169 Å². The summed E-state index contributed by atoms with van der Waals surface area (Å²) in [4.78, 5) is 25.2. The zero-order chi connectivity index (χ0) is 20.4. The van der Waals surface area contributed by atoms with Crippen LogP contribution in [0.3, 0.4) is 0 Å². The molecule has 5 nitrogen and oxygen atoms in total. The molecule has 146 valence electrons. The molecular weight excluding hydrogens is 366 g/mol. The summed E-state index contributed by atoms with van der Waals surface area (Å²) >= 11 is 0. The van der Waals surface area contributed by atoms with Crippen LogP contribution in [0.25, 0.3) is 11.1 Å². The maximum absolute atomic E-state index is 12.6. The summed E-state index contributed by atoms with van der Waals surface area (Å²) in [7, 11) is 3.19. The van der Waals surface area contributed by atoms with Crippen LogP contribution >= 0.6 is 0 Å². The van der Waals surface area contributed by atoms with Gasteiger partial charge in [0.05, 0.1) is 19.9 Å². The molecule has 0 spiro atoms. The Morgan fingerprint density at radius 1 is 0.897 bits per heavy atom. The van der Waals surface area contributed by atoms with Crippen molar-refractivity contribution in [3.05, 3.63) is 77.4 Å². The number of anilines is 1. The van der Waals surface area contributed by atoms with E-state index in [0.717, 1.165) is 16.7 Å². The van der Waals surface area contributed by atoms with Crippen molar-refractivity contribution >= 4 is 17.4 Å². The van der Waals surface area contributed by atoms with Crippen molar-refractivity contribution in [1.82, 2.24) is 0 Å². The molecule has 0 heterocycles.